The van der Waals surface area contributed by atoms with Crippen molar-refractivity contribution in [3.8, 4) is 5.75 Å². The van der Waals surface area contributed by atoms with Crippen LogP contribution in [0.25, 0.3) is 21.5 Å². The summed E-state index contributed by atoms with van der Waals surface area (Å²) in [5.41, 5.74) is 3.50. The van der Waals surface area contributed by atoms with E-state index < -0.39 is 11.9 Å². The third-order valence-corrected chi connectivity index (χ3v) is 6.66. The summed E-state index contributed by atoms with van der Waals surface area (Å²) in [5, 5.41) is 10.6. The number of hydrogen-bond donors (Lipinski definition) is 2. The SMILES string of the molecule is O=C(CNC(=O)c1cccc2ccccc12)NN=Cc1c(OC(=O)c2ccc(Cl)cc2Cl)ccc2ccccc12. The van der Waals surface area contributed by atoms with E-state index in [-0.39, 0.29) is 28.8 Å². The molecule has 9 heteroatoms. The zero-order valence-electron chi connectivity index (χ0n) is 20.9. The van der Waals surface area contributed by atoms with Gasteiger partial charge in [0.25, 0.3) is 11.8 Å². The van der Waals surface area contributed by atoms with Gasteiger partial charge in [0, 0.05) is 16.1 Å². The van der Waals surface area contributed by atoms with Crippen LogP contribution in [0.5, 0.6) is 5.75 Å². The summed E-state index contributed by atoms with van der Waals surface area (Å²) in [6.45, 7) is -0.286. The molecule has 0 aliphatic carbocycles. The summed E-state index contributed by atoms with van der Waals surface area (Å²) in [7, 11) is 0. The number of ether oxygens (including phenoxy) is 1. The van der Waals surface area contributed by atoms with Crippen LogP contribution in [-0.4, -0.2) is 30.5 Å². The number of benzene rings is 5. The summed E-state index contributed by atoms with van der Waals surface area (Å²) < 4.78 is 5.65. The molecule has 2 N–H and O–H groups in total. The highest BCUT2D eigenvalue weighted by molar-refractivity contribution is 6.36. The Bertz CT molecular complexity index is 1800. The number of fused-ring (bicyclic) bond motifs is 2. The van der Waals surface area contributed by atoms with E-state index in [0.717, 1.165) is 21.5 Å². The van der Waals surface area contributed by atoms with E-state index in [1.54, 1.807) is 30.3 Å². The van der Waals surface area contributed by atoms with Crippen molar-refractivity contribution in [1.82, 2.24) is 10.7 Å². The maximum atomic E-state index is 12.9. The largest absolute Gasteiger partial charge is 0.422 e. The van der Waals surface area contributed by atoms with Gasteiger partial charge in [0.1, 0.15) is 5.75 Å². The zero-order chi connectivity index (χ0) is 28.1. The van der Waals surface area contributed by atoms with Crippen molar-refractivity contribution < 1.29 is 19.1 Å². The third kappa shape index (κ3) is 5.96. The predicted octanol–water partition coefficient (Wildman–Crippen LogP) is 6.40. The van der Waals surface area contributed by atoms with Crippen LogP contribution in [0, 0.1) is 0 Å². The Morgan fingerprint density at radius 2 is 1.48 bits per heavy atom. The number of rotatable bonds is 7. The molecule has 0 radical (unpaired) electrons. The molecule has 0 unspecified atom stereocenters. The van der Waals surface area contributed by atoms with Gasteiger partial charge >= 0.3 is 5.97 Å². The second-order valence-electron chi connectivity index (χ2n) is 8.71. The molecule has 5 aromatic rings. The van der Waals surface area contributed by atoms with Crippen LogP contribution < -0.4 is 15.5 Å². The van der Waals surface area contributed by atoms with Crippen molar-refractivity contribution >= 4 is 68.7 Å². The first kappa shape index (κ1) is 26.9. The number of hydrazone groups is 1. The molecule has 2 amide bonds. The van der Waals surface area contributed by atoms with E-state index >= 15 is 0 Å². The maximum absolute atomic E-state index is 12.9. The van der Waals surface area contributed by atoms with Crippen LogP contribution in [-0.2, 0) is 4.79 Å². The van der Waals surface area contributed by atoms with E-state index in [2.05, 4.69) is 15.8 Å². The van der Waals surface area contributed by atoms with Crippen molar-refractivity contribution in [3.63, 3.8) is 0 Å². The number of hydrogen-bond acceptors (Lipinski definition) is 5. The van der Waals surface area contributed by atoms with Crippen LogP contribution in [0.15, 0.2) is 102 Å². The monoisotopic (exact) mass is 569 g/mol. The molecule has 0 aliphatic heterocycles. The zero-order valence-corrected chi connectivity index (χ0v) is 22.4. The molecule has 0 bridgehead atoms. The van der Waals surface area contributed by atoms with Gasteiger partial charge in [0.15, 0.2) is 0 Å². The van der Waals surface area contributed by atoms with Crippen LogP contribution in [0.4, 0.5) is 0 Å². The van der Waals surface area contributed by atoms with E-state index in [1.807, 2.05) is 54.6 Å². The highest BCUT2D eigenvalue weighted by Crippen LogP contribution is 2.29. The molecule has 7 nitrogen and oxygen atoms in total. The summed E-state index contributed by atoms with van der Waals surface area (Å²) in [5.74, 6) is -1.36. The average molecular weight is 570 g/mol. The number of nitrogens with zero attached hydrogens (tertiary/aromatic N) is 1. The quantitative estimate of drug-likeness (QED) is 0.102. The Balaban J connectivity index is 1.30. The second kappa shape index (κ2) is 12.0. The summed E-state index contributed by atoms with van der Waals surface area (Å²) in [4.78, 5) is 38.0. The van der Waals surface area contributed by atoms with Gasteiger partial charge in [0.05, 0.1) is 23.3 Å². The molecule has 40 heavy (non-hydrogen) atoms. The Morgan fingerprint density at radius 3 is 2.25 bits per heavy atom. The number of carbonyl (C=O) groups is 3. The van der Waals surface area contributed by atoms with E-state index in [4.69, 9.17) is 27.9 Å². The van der Waals surface area contributed by atoms with Gasteiger partial charge in [-0.3, -0.25) is 9.59 Å². The minimum Gasteiger partial charge on any atom is -0.422 e. The smallest absolute Gasteiger partial charge is 0.345 e. The molecular formula is C31H21Cl2N3O4. The fourth-order valence-electron chi connectivity index (χ4n) is 4.20. The highest BCUT2D eigenvalue weighted by Gasteiger charge is 2.17. The molecule has 0 saturated heterocycles. The lowest BCUT2D eigenvalue weighted by atomic mass is 10.0. The van der Waals surface area contributed by atoms with Crippen molar-refractivity contribution in [3.05, 3.63) is 124 Å². The number of esters is 1. The van der Waals surface area contributed by atoms with E-state index in [0.29, 0.717) is 16.1 Å². The van der Waals surface area contributed by atoms with E-state index in [1.165, 1.54) is 18.3 Å². The van der Waals surface area contributed by atoms with Crippen LogP contribution in [0.2, 0.25) is 10.0 Å². The highest BCUT2D eigenvalue weighted by atomic mass is 35.5. The average Bonchev–Trinajstić information content (AvgIpc) is 2.96. The molecule has 0 spiro atoms. The lowest BCUT2D eigenvalue weighted by Gasteiger charge is -2.11. The molecule has 0 atom stereocenters. The van der Waals surface area contributed by atoms with Gasteiger partial charge < -0.3 is 10.1 Å². The van der Waals surface area contributed by atoms with Crippen LogP contribution in [0.3, 0.4) is 0 Å². The minimum absolute atomic E-state index is 0.150. The number of carbonyl (C=O) groups excluding carboxylic acids is 3. The number of halogens is 2. The van der Waals surface area contributed by atoms with Gasteiger partial charge in [-0.05, 0) is 51.9 Å². The molecule has 0 aromatic heterocycles. The number of nitrogens with one attached hydrogen (secondary N) is 2. The summed E-state index contributed by atoms with van der Waals surface area (Å²) in [6, 6.07) is 28.3. The molecule has 198 valence electrons. The molecule has 0 fully saturated rings. The van der Waals surface area contributed by atoms with Crippen LogP contribution >= 0.6 is 23.2 Å². The standard InChI is InChI=1S/C31H21Cl2N3O4/c32-21-13-14-25(27(33)16-21)31(39)40-28-15-12-20-7-2-4-10-23(20)26(28)17-35-36-29(37)18-34-30(38)24-11-5-8-19-6-1-3-9-22(19)24/h1-17H,18H2,(H,34,38)(H,36,37). The van der Waals surface area contributed by atoms with E-state index in [9.17, 15) is 14.4 Å². The summed E-state index contributed by atoms with van der Waals surface area (Å²) in [6.07, 6.45) is 1.39. The van der Waals surface area contributed by atoms with Gasteiger partial charge in [0.2, 0.25) is 0 Å². The first-order chi connectivity index (χ1) is 19.4. The Hall–Kier alpha value is -4.72. The molecule has 0 aliphatic rings. The first-order valence-electron chi connectivity index (χ1n) is 12.2. The normalized spacial score (nSPS) is 11.1. The van der Waals surface area contributed by atoms with Crippen molar-refractivity contribution in [1.29, 1.82) is 0 Å². The van der Waals surface area contributed by atoms with Gasteiger partial charge in [-0.1, -0.05) is 89.9 Å². The lowest BCUT2D eigenvalue weighted by Crippen LogP contribution is -2.35. The molecule has 5 aromatic carbocycles. The third-order valence-electron chi connectivity index (χ3n) is 6.11. The Kier molecular flexibility index (Phi) is 8.05. The van der Waals surface area contributed by atoms with Gasteiger partial charge in [-0.15, -0.1) is 0 Å². The lowest BCUT2D eigenvalue weighted by molar-refractivity contribution is -0.120. The minimum atomic E-state index is -0.674. The molecular weight excluding hydrogens is 549 g/mol. The predicted molar refractivity (Wildman–Crippen MR) is 157 cm³/mol. The molecule has 0 saturated carbocycles. The Morgan fingerprint density at radius 1 is 0.775 bits per heavy atom. The molecule has 5 rings (SSSR count). The summed E-state index contributed by atoms with van der Waals surface area (Å²) >= 11 is 12.1. The molecule has 0 heterocycles. The van der Waals surface area contributed by atoms with Crippen molar-refractivity contribution in [2.24, 2.45) is 5.10 Å². The fourth-order valence-corrected chi connectivity index (χ4v) is 4.68. The first-order valence-corrected chi connectivity index (χ1v) is 12.9. The van der Waals surface area contributed by atoms with Gasteiger partial charge in [-0.25, -0.2) is 10.2 Å². The van der Waals surface area contributed by atoms with Crippen molar-refractivity contribution in [2.75, 3.05) is 6.54 Å². The van der Waals surface area contributed by atoms with Crippen LogP contribution in [0.1, 0.15) is 26.3 Å². The van der Waals surface area contributed by atoms with Gasteiger partial charge in [-0.2, -0.15) is 5.10 Å². The maximum Gasteiger partial charge on any atom is 0.345 e. The fraction of sp³-hybridized carbons (Fsp3) is 0.0323. The van der Waals surface area contributed by atoms with Crippen molar-refractivity contribution in [2.45, 2.75) is 0 Å². The Labute approximate surface area is 239 Å². The second-order valence-corrected chi connectivity index (χ2v) is 9.56. The number of amides is 2. The topological polar surface area (TPSA) is 96.9 Å².